The summed E-state index contributed by atoms with van der Waals surface area (Å²) in [7, 11) is 0. The average Bonchev–Trinajstić information content (AvgIpc) is 3.42. The molecule has 0 fully saturated rings. The van der Waals surface area contributed by atoms with Crippen molar-refractivity contribution in [3.05, 3.63) is 223 Å². The Hall–Kier alpha value is -7.42. The zero-order chi connectivity index (χ0) is 39.5. The number of nitrogens with zero attached hydrogens (tertiary/aromatic N) is 1. The van der Waals surface area contributed by atoms with E-state index in [9.17, 15) is 0 Å². The van der Waals surface area contributed by atoms with Crippen molar-refractivity contribution in [2.45, 2.75) is 19.3 Å². The van der Waals surface area contributed by atoms with Crippen LogP contribution < -0.4 is 9.64 Å². The van der Waals surface area contributed by atoms with E-state index in [0.717, 1.165) is 50.8 Å². The first-order valence-corrected chi connectivity index (χ1v) is 20.4. The molecule has 9 aromatic rings. The molecule has 0 radical (unpaired) electrons. The van der Waals surface area contributed by atoms with Gasteiger partial charge in [0.05, 0.1) is 0 Å². The zero-order valence-electron chi connectivity index (χ0n) is 33.1. The number of hydrogen-bond acceptors (Lipinski definition) is 2. The molecule has 2 heteroatoms. The average molecular weight is 756 g/mol. The van der Waals surface area contributed by atoms with E-state index in [-0.39, 0.29) is 5.41 Å². The molecule has 0 amide bonds. The maximum atomic E-state index is 7.00. The number of rotatable bonds is 6. The van der Waals surface area contributed by atoms with Gasteiger partial charge < -0.3 is 9.64 Å². The number of fused-ring (bicyclic) bond motifs is 8. The second-order valence-electron chi connectivity index (χ2n) is 16.1. The van der Waals surface area contributed by atoms with Gasteiger partial charge in [0.1, 0.15) is 11.5 Å². The maximum absolute atomic E-state index is 7.00. The number of benzene rings is 9. The Morgan fingerprint density at radius 2 is 0.831 bits per heavy atom. The first-order chi connectivity index (χ1) is 29.0. The van der Waals surface area contributed by atoms with Gasteiger partial charge in [-0.15, -0.1) is 0 Å². The van der Waals surface area contributed by atoms with Gasteiger partial charge in [-0.05, 0) is 98.1 Å². The molecule has 0 atom stereocenters. The standard InChI is InChI=1S/C57H41NO/c1-57(2)52-25-11-9-19-47(52)48-36-35-44(37-53(48)57)58(42-31-27-39(28-32-42)38-15-5-3-6-16-38)43-33-29-41(30-34-43)46-22-14-24-51-55-45(40-17-7-4-8-18-40)21-13-23-50(55)49-20-10-12-26-54(49)59-56(46)51/h3-37H,1-2H3. The number of ether oxygens (including phenoxy) is 1. The van der Waals surface area contributed by atoms with Crippen molar-refractivity contribution >= 4 is 17.1 Å². The molecule has 280 valence electrons. The molecular weight excluding hydrogens is 715 g/mol. The Labute approximate surface area is 346 Å². The predicted molar refractivity (Wildman–Crippen MR) is 246 cm³/mol. The van der Waals surface area contributed by atoms with E-state index in [2.05, 4.69) is 231 Å². The SMILES string of the molecule is CC1(C)c2ccccc2-c2ccc(N(c3ccc(-c4ccccc4)cc3)c3ccc(-c4cccc5c4Oc4ccccc4-c4cccc(-c6ccccc6)c4-5)cc3)cc21. The molecular formula is C57H41NO. The van der Waals surface area contributed by atoms with Crippen molar-refractivity contribution in [1.82, 2.24) is 0 Å². The van der Waals surface area contributed by atoms with Crippen molar-refractivity contribution in [2.75, 3.05) is 4.90 Å². The largest absolute Gasteiger partial charge is 0.455 e. The number of anilines is 3. The van der Waals surface area contributed by atoms with E-state index in [1.54, 1.807) is 0 Å². The summed E-state index contributed by atoms with van der Waals surface area (Å²) in [5.41, 5.74) is 20.0. The minimum absolute atomic E-state index is 0.114. The molecule has 59 heavy (non-hydrogen) atoms. The molecule has 0 unspecified atom stereocenters. The highest BCUT2D eigenvalue weighted by atomic mass is 16.5. The van der Waals surface area contributed by atoms with Crippen LogP contribution in [-0.2, 0) is 5.41 Å². The highest BCUT2D eigenvalue weighted by Gasteiger charge is 2.36. The van der Waals surface area contributed by atoms with Gasteiger partial charge in [0.2, 0.25) is 0 Å². The molecule has 0 saturated heterocycles. The van der Waals surface area contributed by atoms with Crippen LogP contribution in [-0.4, -0.2) is 0 Å². The molecule has 0 saturated carbocycles. The molecule has 11 rings (SSSR count). The van der Waals surface area contributed by atoms with Crippen molar-refractivity contribution in [3.63, 3.8) is 0 Å². The van der Waals surface area contributed by atoms with E-state index >= 15 is 0 Å². The lowest BCUT2D eigenvalue weighted by Gasteiger charge is -2.28. The molecule has 2 nitrogen and oxygen atoms in total. The van der Waals surface area contributed by atoms with Gasteiger partial charge in [-0.1, -0.05) is 184 Å². The molecule has 1 aliphatic carbocycles. The second-order valence-corrected chi connectivity index (χ2v) is 16.1. The second kappa shape index (κ2) is 13.9. The number of para-hydroxylation sites is 2. The Morgan fingerprint density at radius 3 is 1.56 bits per heavy atom. The van der Waals surface area contributed by atoms with Crippen LogP contribution in [0, 0.1) is 0 Å². The highest BCUT2D eigenvalue weighted by molar-refractivity contribution is 6.01. The Kier molecular flexibility index (Phi) is 8.20. The van der Waals surface area contributed by atoms with E-state index in [1.807, 2.05) is 0 Å². The van der Waals surface area contributed by atoms with Gasteiger partial charge in [-0.3, -0.25) is 0 Å². The summed E-state index contributed by atoms with van der Waals surface area (Å²) >= 11 is 0. The smallest absolute Gasteiger partial charge is 0.143 e. The van der Waals surface area contributed by atoms with E-state index in [4.69, 9.17) is 4.74 Å². The molecule has 2 aliphatic rings. The van der Waals surface area contributed by atoms with Crippen LogP contribution in [0.4, 0.5) is 17.1 Å². The van der Waals surface area contributed by atoms with Crippen LogP contribution in [0.1, 0.15) is 25.0 Å². The molecule has 9 aromatic carbocycles. The Bertz CT molecular complexity index is 3020. The van der Waals surface area contributed by atoms with Crippen molar-refractivity contribution in [1.29, 1.82) is 0 Å². The minimum atomic E-state index is -0.114. The normalized spacial score (nSPS) is 12.8. The molecule has 0 spiro atoms. The summed E-state index contributed by atoms with van der Waals surface area (Å²) in [6.45, 7) is 4.69. The van der Waals surface area contributed by atoms with Gasteiger partial charge in [0, 0.05) is 44.7 Å². The summed E-state index contributed by atoms with van der Waals surface area (Å²) in [5.74, 6) is 1.72. The molecule has 1 aliphatic heterocycles. The predicted octanol–water partition coefficient (Wildman–Crippen LogP) is 15.9. The lowest BCUT2D eigenvalue weighted by Crippen LogP contribution is -2.16. The molecule has 0 aromatic heterocycles. The van der Waals surface area contributed by atoms with Crippen LogP contribution in [0.25, 0.3) is 66.8 Å². The van der Waals surface area contributed by atoms with Crippen LogP contribution in [0.5, 0.6) is 11.5 Å². The molecule has 1 heterocycles. The lowest BCUT2D eigenvalue weighted by atomic mass is 9.82. The molecule has 0 bridgehead atoms. The van der Waals surface area contributed by atoms with Crippen LogP contribution >= 0.6 is 0 Å². The summed E-state index contributed by atoms with van der Waals surface area (Å²) in [4.78, 5) is 2.39. The van der Waals surface area contributed by atoms with Gasteiger partial charge >= 0.3 is 0 Å². The first-order valence-electron chi connectivity index (χ1n) is 20.4. The first kappa shape index (κ1) is 34.8. The Morgan fingerprint density at radius 1 is 0.339 bits per heavy atom. The summed E-state index contributed by atoms with van der Waals surface area (Å²) in [5, 5.41) is 0. The van der Waals surface area contributed by atoms with Crippen molar-refractivity contribution in [3.8, 4) is 78.3 Å². The van der Waals surface area contributed by atoms with Crippen LogP contribution in [0.15, 0.2) is 212 Å². The maximum Gasteiger partial charge on any atom is 0.143 e. The van der Waals surface area contributed by atoms with Gasteiger partial charge in [-0.2, -0.15) is 0 Å². The molecule has 0 N–H and O–H groups in total. The quantitative estimate of drug-likeness (QED) is 0.168. The fraction of sp³-hybridized carbons (Fsp3) is 0.0526. The van der Waals surface area contributed by atoms with Crippen molar-refractivity contribution in [2.24, 2.45) is 0 Å². The van der Waals surface area contributed by atoms with Gasteiger partial charge in [0.25, 0.3) is 0 Å². The van der Waals surface area contributed by atoms with Gasteiger partial charge in [0.15, 0.2) is 0 Å². The summed E-state index contributed by atoms with van der Waals surface area (Å²) < 4.78 is 7.00. The van der Waals surface area contributed by atoms with Crippen molar-refractivity contribution < 1.29 is 4.74 Å². The van der Waals surface area contributed by atoms with E-state index in [0.29, 0.717) is 0 Å². The van der Waals surface area contributed by atoms with Gasteiger partial charge in [-0.25, -0.2) is 0 Å². The van der Waals surface area contributed by atoms with E-state index < -0.39 is 0 Å². The third-order valence-corrected chi connectivity index (χ3v) is 12.3. The van der Waals surface area contributed by atoms with Crippen LogP contribution in [0.2, 0.25) is 0 Å². The topological polar surface area (TPSA) is 12.5 Å². The lowest BCUT2D eigenvalue weighted by molar-refractivity contribution is 0.489. The van der Waals surface area contributed by atoms with E-state index in [1.165, 1.54) is 55.6 Å². The monoisotopic (exact) mass is 755 g/mol. The van der Waals surface area contributed by atoms with Crippen LogP contribution in [0.3, 0.4) is 0 Å². The Balaban J connectivity index is 1.04. The minimum Gasteiger partial charge on any atom is -0.455 e. The zero-order valence-corrected chi connectivity index (χ0v) is 33.1. The fourth-order valence-electron chi connectivity index (χ4n) is 9.39. The third-order valence-electron chi connectivity index (χ3n) is 12.3. The summed E-state index contributed by atoms with van der Waals surface area (Å²) in [6, 6.07) is 76.6. The third kappa shape index (κ3) is 5.79. The summed E-state index contributed by atoms with van der Waals surface area (Å²) in [6.07, 6.45) is 0. The highest BCUT2D eigenvalue weighted by Crippen LogP contribution is 2.54. The fourth-order valence-corrected chi connectivity index (χ4v) is 9.39. The number of hydrogen-bond donors (Lipinski definition) is 0.